The van der Waals surface area contributed by atoms with Gasteiger partial charge in [-0.25, -0.2) is 4.39 Å². The fourth-order valence-corrected chi connectivity index (χ4v) is 9.73. The quantitative estimate of drug-likeness (QED) is 0.458. The Hall–Kier alpha value is -0.670. The average molecular weight is 401 g/mol. The maximum Gasteiger partial charge on any atom is 0.129 e. The Balaban J connectivity index is 1.64. The molecule has 27 heavy (non-hydrogen) atoms. The summed E-state index contributed by atoms with van der Waals surface area (Å²) in [7, 11) is 0. The van der Waals surface area contributed by atoms with E-state index in [0.29, 0.717) is 5.92 Å². The van der Waals surface area contributed by atoms with Crippen LogP contribution in [0.15, 0.2) is 30.3 Å². The Kier molecular flexibility index (Phi) is 4.96. The van der Waals surface area contributed by atoms with E-state index in [4.69, 9.17) is 0 Å². The molecule has 3 aliphatic rings. The second kappa shape index (κ2) is 7.30. The van der Waals surface area contributed by atoms with Crippen LogP contribution in [0.25, 0.3) is 10.8 Å². The first-order chi connectivity index (χ1) is 13.2. The largest absolute Gasteiger partial charge is 0.207 e. The summed E-state index contributed by atoms with van der Waals surface area (Å²) in [5.41, 5.74) is 2.40. The minimum absolute atomic E-state index is 0.0417. The van der Waals surface area contributed by atoms with Crippen molar-refractivity contribution in [1.82, 2.24) is 0 Å². The van der Waals surface area contributed by atoms with Crippen LogP contribution in [0.3, 0.4) is 0 Å². The van der Waals surface area contributed by atoms with Crippen molar-refractivity contribution in [3.63, 3.8) is 0 Å². The van der Waals surface area contributed by atoms with Crippen LogP contribution >= 0.6 is 23.5 Å². The Morgan fingerprint density at radius 2 is 1.81 bits per heavy atom. The van der Waals surface area contributed by atoms with Gasteiger partial charge in [0.15, 0.2) is 0 Å². The molecule has 5 rings (SSSR count). The topological polar surface area (TPSA) is 0 Å². The molecule has 0 amide bonds. The molecule has 2 aliphatic carbocycles. The fourth-order valence-electron chi connectivity index (χ4n) is 5.82. The molecule has 144 valence electrons. The highest BCUT2D eigenvalue weighted by molar-refractivity contribution is 8.18. The van der Waals surface area contributed by atoms with E-state index in [0.717, 1.165) is 29.2 Å². The van der Waals surface area contributed by atoms with E-state index in [1.54, 1.807) is 0 Å². The maximum atomic E-state index is 15.5. The van der Waals surface area contributed by atoms with E-state index in [1.807, 2.05) is 12.1 Å². The van der Waals surface area contributed by atoms with Crippen molar-refractivity contribution in [1.29, 1.82) is 0 Å². The van der Waals surface area contributed by atoms with Gasteiger partial charge in [-0.05, 0) is 70.9 Å². The zero-order valence-corrected chi connectivity index (χ0v) is 17.8. The van der Waals surface area contributed by atoms with Crippen molar-refractivity contribution >= 4 is 34.3 Å². The van der Waals surface area contributed by atoms with Crippen LogP contribution in [0, 0.1) is 23.6 Å². The van der Waals surface area contributed by atoms with Crippen LogP contribution in [0.4, 0.5) is 4.39 Å². The van der Waals surface area contributed by atoms with E-state index in [9.17, 15) is 0 Å². The van der Waals surface area contributed by atoms with Gasteiger partial charge in [-0.3, -0.25) is 0 Å². The number of hydrogen-bond donors (Lipinski definition) is 0. The van der Waals surface area contributed by atoms with Gasteiger partial charge in [0.25, 0.3) is 0 Å². The first kappa shape index (κ1) is 18.4. The highest BCUT2D eigenvalue weighted by Gasteiger charge is 2.53. The van der Waals surface area contributed by atoms with E-state index in [2.05, 4.69) is 48.6 Å². The fraction of sp³-hybridized carbons (Fsp3) is 0.583. The monoisotopic (exact) mass is 400 g/mol. The predicted molar refractivity (Wildman–Crippen MR) is 118 cm³/mol. The predicted octanol–water partition coefficient (Wildman–Crippen LogP) is 7.39. The van der Waals surface area contributed by atoms with Gasteiger partial charge in [0.05, 0.1) is 4.08 Å². The van der Waals surface area contributed by atoms with Gasteiger partial charge in [-0.15, -0.1) is 23.5 Å². The molecule has 0 aromatic heterocycles. The van der Waals surface area contributed by atoms with E-state index in [-0.39, 0.29) is 9.90 Å². The van der Waals surface area contributed by atoms with Crippen LogP contribution in [0.2, 0.25) is 0 Å². The summed E-state index contributed by atoms with van der Waals surface area (Å²) in [6.45, 7) is 2.42. The summed E-state index contributed by atoms with van der Waals surface area (Å²) in [5.74, 6) is 4.61. The number of thioether (sulfide) groups is 2. The van der Waals surface area contributed by atoms with Crippen LogP contribution in [-0.4, -0.2) is 11.5 Å². The zero-order valence-electron chi connectivity index (χ0n) is 16.2. The normalized spacial score (nSPS) is 30.4. The number of halogens is 1. The molecule has 2 fully saturated rings. The van der Waals surface area contributed by atoms with E-state index < -0.39 is 0 Å². The maximum absolute atomic E-state index is 15.5. The molecule has 2 aromatic carbocycles. The summed E-state index contributed by atoms with van der Waals surface area (Å²) in [4.78, 5) is 0. The Labute approximate surface area is 171 Å². The minimum Gasteiger partial charge on any atom is -0.207 e. The number of rotatable bonds is 1. The molecule has 0 bridgehead atoms. The lowest BCUT2D eigenvalue weighted by Crippen LogP contribution is -2.34. The minimum atomic E-state index is -0.0417. The lowest BCUT2D eigenvalue weighted by Gasteiger charge is -2.42. The Bertz CT molecular complexity index is 840. The average Bonchev–Trinajstić information content (AvgIpc) is 2.84. The second-order valence-corrected chi connectivity index (χ2v) is 11.8. The highest BCUT2D eigenvalue weighted by Crippen LogP contribution is 2.64. The second-order valence-electron chi connectivity index (χ2n) is 8.84. The molecule has 3 unspecified atom stereocenters. The molecule has 0 radical (unpaired) electrons. The molecule has 1 aliphatic heterocycles. The summed E-state index contributed by atoms with van der Waals surface area (Å²) in [6, 6.07) is 10.3. The lowest BCUT2D eigenvalue weighted by atomic mass is 9.83. The number of hydrogen-bond acceptors (Lipinski definition) is 2. The van der Waals surface area contributed by atoms with Crippen molar-refractivity contribution in [3.05, 3.63) is 47.3 Å². The van der Waals surface area contributed by atoms with Gasteiger partial charge in [-0.1, -0.05) is 56.9 Å². The van der Waals surface area contributed by atoms with Gasteiger partial charge < -0.3 is 0 Å². The molecule has 1 saturated heterocycles. The molecule has 2 aromatic rings. The summed E-state index contributed by atoms with van der Waals surface area (Å²) >= 11 is 4.14. The molecule has 3 heteroatoms. The molecule has 1 heterocycles. The van der Waals surface area contributed by atoms with Gasteiger partial charge in [0.1, 0.15) is 5.82 Å². The molecule has 0 nitrogen and oxygen atoms in total. The van der Waals surface area contributed by atoms with Crippen LogP contribution in [-0.2, 0) is 10.5 Å². The number of benzene rings is 2. The van der Waals surface area contributed by atoms with Crippen LogP contribution < -0.4 is 0 Å². The van der Waals surface area contributed by atoms with Gasteiger partial charge in [-0.2, -0.15) is 0 Å². The van der Waals surface area contributed by atoms with Crippen LogP contribution in [0.5, 0.6) is 0 Å². The van der Waals surface area contributed by atoms with Gasteiger partial charge >= 0.3 is 0 Å². The van der Waals surface area contributed by atoms with Gasteiger partial charge in [0, 0.05) is 5.56 Å². The Morgan fingerprint density at radius 3 is 2.67 bits per heavy atom. The standard InChI is InChI=1S/C24H29FS2/c1-16-6-4-8-17(11-10-16)21-15-20-19-9-3-2-7-18(19)14-22(25)23(20)24(21)26-12-5-13-27-24/h2-3,7,9,14,16-17,21H,4-6,8,10-13,15H2,1H3. The summed E-state index contributed by atoms with van der Waals surface area (Å²) in [6.07, 6.45) is 9.09. The third-order valence-electron chi connectivity index (χ3n) is 7.16. The molecule has 1 saturated carbocycles. The van der Waals surface area contributed by atoms with E-state index >= 15 is 4.39 Å². The van der Waals surface area contributed by atoms with Crippen molar-refractivity contribution in [3.8, 4) is 0 Å². The Morgan fingerprint density at radius 1 is 1.00 bits per heavy atom. The van der Waals surface area contributed by atoms with Crippen molar-refractivity contribution in [2.24, 2.45) is 17.8 Å². The number of fused-ring (bicyclic) bond motifs is 4. The molecule has 1 spiro atoms. The molecule has 3 atom stereocenters. The zero-order chi connectivity index (χ0) is 18.4. The molecular weight excluding hydrogens is 371 g/mol. The van der Waals surface area contributed by atoms with Crippen LogP contribution in [0.1, 0.15) is 56.6 Å². The third-order valence-corrected chi connectivity index (χ3v) is 10.7. The van der Waals surface area contributed by atoms with Crippen molar-refractivity contribution in [2.45, 2.75) is 55.9 Å². The summed E-state index contributed by atoms with van der Waals surface area (Å²) < 4.78 is 15.5. The SMILES string of the molecule is CC1CCCC(C2Cc3c(c(F)cc4ccccc34)C23SCCCS3)CC1. The lowest BCUT2D eigenvalue weighted by molar-refractivity contribution is 0.287. The summed E-state index contributed by atoms with van der Waals surface area (Å²) in [5, 5.41) is 2.37. The first-order valence-electron chi connectivity index (χ1n) is 10.7. The van der Waals surface area contributed by atoms with Gasteiger partial charge in [0.2, 0.25) is 0 Å². The van der Waals surface area contributed by atoms with E-state index in [1.165, 1.54) is 61.0 Å². The highest BCUT2D eigenvalue weighted by atomic mass is 32.2. The first-order valence-corrected chi connectivity index (χ1v) is 12.6. The third kappa shape index (κ3) is 3.04. The van der Waals surface area contributed by atoms with Crippen molar-refractivity contribution < 1.29 is 4.39 Å². The molecule has 0 N–H and O–H groups in total. The molecular formula is C24H29FS2. The van der Waals surface area contributed by atoms with Crippen molar-refractivity contribution in [2.75, 3.05) is 11.5 Å². The smallest absolute Gasteiger partial charge is 0.129 e.